The van der Waals surface area contributed by atoms with Gasteiger partial charge in [-0.2, -0.15) is 0 Å². The van der Waals surface area contributed by atoms with Crippen molar-refractivity contribution in [3.8, 4) is 0 Å². The summed E-state index contributed by atoms with van der Waals surface area (Å²) in [6, 6.07) is -0.276. The third kappa shape index (κ3) is 4.39. The first-order chi connectivity index (χ1) is 7.90. The van der Waals surface area contributed by atoms with E-state index in [4.69, 9.17) is 0 Å². The molecule has 0 fully saturated rings. The molecule has 6 nitrogen and oxygen atoms in total. The van der Waals surface area contributed by atoms with Crippen molar-refractivity contribution in [3.63, 3.8) is 0 Å². The second-order valence-electron chi connectivity index (χ2n) is 4.10. The molecule has 1 rings (SSSR count). The number of urea groups is 1. The lowest BCUT2D eigenvalue weighted by atomic mass is 10.3. The van der Waals surface area contributed by atoms with Gasteiger partial charge in [-0.25, -0.2) is 4.79 Å². The second-order valence-corrected chi connectivity index (χ2v) is 6.75. The molecule has 1 aromatic heterocycles. The van der Waals surface area contributed by atoms with Crippen molar-refractivity contribution in [3.05, 3.63) is 0 Å². The highest BCUT2D eigenvalue weighted by atomic mass is 32.2. The van der Waals surface area contributed by atoms with Crippen LogP contribution >= 0.6 is 11.3 Å². The van der Waals surface area contributed by atoms with E-state index in [2.05, 4.69) is 15.5 Å². The van der Waals surface area contributed by atoms with Crippen LogP contribution in [0, 0.1) is 5.92 Å². The highest BCUT2D eigenvalue weighted by Crippen LogP contribution is 2.19. The van der Waals surface area contributed by atoms with Crippen LogP contribution in [-0.4, -0.2) is 45.2 Å². The third-order valence-electron chi connectivity index (χ3n) is 1.71. The van der Waals surface area contributed by atoms with E-state index in [1.165, 1.54) is 4.90 Å². The molecular formula is C9H16N4O2S2. The maximum absolute atomic E-state index is 11.8. The number of rotatable bonds is 4. The van der Waals surface area contributed by atoms with Gasteiger partial charge in [0.2, 0.25) is 9.47 Å². The minimum Gasteiger partial charge on any atom is -0.331 e. The van der Waals surface area contributed by atoms with E-state index >= 15 is 0 Å². The smallest absolute Gasteiger partial charge is 0.323 e. The van der Waals surface area contributed by atoms with E-state index < -0.39 is 10.8 Å². The summed E-state index contributed by atoms with van der Waals surface area (Å²) in [5.74, 6) is 0.885. The zero-order valence-corrected chi connectivity index (χ0v) is 11.9. The van der Waals surface area contributed by atoms with Crippen molar-refractivity contribution in [2.24, 2.45) is 5.92 Å². The van der Waals surface area contributed by atoms with E-state index in [0.717, 1.165) is 11.3 Å². The average molecular weight is 276 g/mol. The Kier molecular flexibility index (Phi) is 5.01. The minimum atomic E-state index is -1.14. The van der Waals surface area contributed by atoms with Crippen LogP contribution in [0.4, 0.5) is 9.93 Å². The molecule has 0 aliphatic carbocycles. The number of carbonyl (C=O) groups excluding carboxylic acids is 1. The number of carbonyl (C=O) groups is 1. The fourth-order valence-corrected chi connectivity index (χ4v) is 3.09. The quantitative estimate of drug-likeness (QED) is 0.843. The molecule has 17 heavy (non-hydrogen) atoms. The van der Waals surface area contributed by atoms with Gasteiger partial charge in [0, 0.05) is 19.8 Å². The van der Waals surface area contributed by atoms with E-state index in [9.17, 15) is 9.00 Å². The van der Waals surface area contributed by atoms with Gasteiger partial charge >= 0.3 is 6.03 Å². The van der Waals surface area contributed by atoms with Crippen LogP contribution in [-0.2, 0) is 10.8 Å². The van der Waals surface area contributed by atoms with Gasteiger partial charge in [0.05, 0.1) is 10.8 Å². The normalized spacial score (nSPS) is 12.5. The molecule has 0 aliphatic rings. The molecule has 1 N–H and O–H groups in total. The molecule has 1 aromatic rings. The average Bonchev–Trinajstić information content (AvgIpc) is 2.65. The Morgan fingerprint density at radius 2 is 2.12 bits per heavy atom. The van der Waals surface area contributed by atoms with Crippen molar-refractivity contribution in [2.75, 3.05) is 25.2 Å². The standard InChI is InChI=1S/C9H16N4O2S2/c1-6(2)5-17(15)9-12-11-7(16-9)10-8(14)13(3)4/h6H,5H2,1-4H3,(H,10,11,14). The Bertz CT molecular complexity index is 417. The lowest BCUT2D eigenvalue weighted by Crippen LogP contribution is -2.27. The van der Waals surface area contributed by atoms with Crippen LogP contribution in [0.3, 0.4) is 0 Å². The molecule has 0 radical (unpaired) electrons. The number of hydrogen-bond acceptors (Lipinski definition) is 5. The van der Waals surface area contributed by atoms with E-state index in [0.29, 0.717) is 21.1 Å². The lowest BCUT2D eigenvalue weighted by molar-refractivity contribution is 0.230. The van der Waals surface area contributed by atoms with Crippen molar-refractivity contribution in [2.45, 2.75) is 18.2 Å². The third-order valence-corrected chi connectivity index (χ3v) is 4.59. The monoisotopic (exact) mass is 276 g/mol. The fraction of sp³-hybridized carbons (Fsp3) is 0.667. The molecule has 0 aliphatic heterocycles. The highest BCUT2D eigenvalue weighted by molar-refractivity contribution is 7.87. The highest BCUT2D eigenvalue weighted by Gasteiger charge is 2.14. The molecule has 0 saturated carbocycles. The molecule has 1 unspecified atom stereocenters. The topological polar surface area (TPSA) is 75.2 Å². The van der Waals surface area contributed by atoms with Gasteiger partial charge in [0.15, 0.2) is 0 Å². The number of hydrogen-bond donors (Lipinski definition) is 1. The lowest BCUT2D eigenvalue weighted by Gasteiger charge is -2.08. The number of nitrogens with zero attached hydrogens (tertiary/aromatic N) is 3. The summed E-state index contributed by atoms with van der Waals surface area (Å²) >= 11 is 1.15. The predicted molar refractivity (Wildman–Crippen MR) is 68.7 cm³/mol. The van der Waals surface area contributed by atoms with E-state index in [1.54, 1.807) is 14.1 Å². The molecule has 0 aromatic carbocycles. The molecule has 0 bridgehead atoms. The van der Waals surface area contributed by atoms with Crippen molar-refractivity contribution >= 4 is 33.3 Å². The SMILES string of the molecule is CC(C)CS(=O)c1nnc(NC(=O)N(C)C)s1. The summed E-state index contributed by atoms with van der Waals surface area (Å²) in [6.07, 6.45) is 0. The van der Waals surface area contributed by atoms with Crippen molar-refractivity contribution in [1.29, 1.82) is 0 Å². The molecule has 1 heterocycles. The second kappa shape index (κ2) is 6.06. The predicted octanol–water partition coefficient (Wildman–Crippen LogP) is 1.40. The number of aromatic nitrogens is 2. The van der Waals surface area contributed by atoms with Crippen LogP contribution in [0.15, 0.2) is 4.34 Å². The maximum atomic E-state index is 11.8. The van der Waals surface area contributed by atoms with Crippen molar-refractivity contribution < 1.29 is 9.00 Å². The van der Waals surface area contributed by atoms with Crippen molar-refractivity contribution in [1.82, 2.24) is 15.1 Å². The van der Waals surface area contributed by atoms with Gasteiger partial charge < -0.3 is 4.90 Å². The Balaban J connectivity index is 2.65. The summed E-state index contributed by atoms with van der Waals surface area (Å²) in [5.41, 5.74) is 0. The van der Waals surface area contributed by atoms with Gasteiger partial charge in [-0.15, -0.1) is 10.2 Å². The summed E-state index contributed by atoms with van der Waals surface area (Å²) in [7, 11) is 2.13. The number of nitrogens with one attached hydrogen (secondary N) is 1. The van der Waals surface area contributed by atoms with Gasteiger partial charge in [-0.1, -0.05) is 25.2 Å². The summed E-state index contributed by atoms with van der Waals surface area (Å²) in [4.78, 5) is 12.7. The maximum Gasteiger partial charge on any atom is 0.323 e. The summed E-state index contributed by atoms with van der Waals surface area (Å²) in [5, 5.41) is 10.5. The van der Waals surface area contributed by atoms with E-state index in [1.807, 2.05) is 13.8 Å². The number of anilines is 1. The molecule has 2 amide bonds. The van der Waals surface area contributed by atoms with Gasteiger partial charge in [0.25, 0.3) is 0 Å². The van der Waals surface area contributed by atoms with Gasteiger partial charge in [-0.05, 0) is 5.92 Å². The Morgan fingerprint density at radius 3 is 2.65 bits per heavy atom. The van der Waals surface area contributed by atoms with Crippen LogP contribution in [0.25, 0.3) is 0 Å². The molecule has 1 atom stereocenters. The largest absolute Gasteiger partial charge is 0.331 e. The minimum absolute atomic E-state index is 0.276. The van der Waals surface area contributed by atoms with Crippen LogP contribution in [0.2, 0.25) is 0 Å². The first kappa shape index (κ1) is 14.0. The van der Waals surface area contributed by atoms with Crippen LogP contribution < -0.4 is 5.32 Å². The molecule has 96 valence electrons. The molecular weight excluding hydrogens is 260 g/mol. The summed E-state index contributed by atoms with van der Waals surface area (Å²) in [6.45, 7) is 3.99. The Labute approximate surface area is 107 Å². The Hall–Kier alpha value is -1.02. The molecule has 0 saturated heterocycles. The Morgan fingerprint density at radius 1 is 1.47 bits per heavy atom. The van der Waals surface area contributed by atoms with Crippen LogP contribution in [0.5, 0.6) is 0 Å². The van der Waals surface area contributed by atoms with Gasteiger partial charge in [-0.3, -0.25) is 9.53 Å². The zero-order valence-electron chi connectivity index (χ0n) is 10.3. The fourth-order valence-electron chi connectivity index (χ4n) is 0.930. The number of amides is 2. The molecule has 0 spiro atoms. The van der Waals surface area contributed by atoms with E-state index in [-0.39, 0.29) is 6.03 Å². The first-order valence-corrected chi connectivity index (χ1v) is 7.24. The van der Waals surface area contributed by atoms with Gasteiger partial charge in [0.1, 0.15) is 0 Å². The first-order valence-electron chi connectivity index (χ1n) is 5.10. The molecule has 8 heteroatoms. The zero-order chi connectivity index (χ0) is 13.0. The van der Waals surface area contributed by atoms with Crippen LogP contribution in [0.1, 0.15) is 13.8 Å². The summed E-state index contributed by atoms with van der Waals surface area (Å²) < 4.78 is 12.2.